The number of hydrogen-bond donors (Lipinski definition) is 1. The van der Waals surface area contributed by atoms with Crippen LogP contribution in [0, 0.1) is 0 Å². The van der Waals surface area contributed by atoms with Crippen molar-refractivity contribution in [2.75, 3.05) is 39.6 Å². The summed E-state index contributed by atoms with van der Waals surface area (Å²) in [6.45, 7) is 4.21. The summed E-state index contributed by atoms with van der Waals surface area (Å²) in [5, 5.41) is 0. The molecule has 2 unspecified atom stereocenters. The first-order chi connectivity index (χ1) is 35.6. The summed E-state index contributed by atoms with van der Waals surface area (Å²) in [7, 11) is -4.88. The van der Waals surface area contributed by atoms with Crippen molar-refractivity contribution in [2.45, 2.75) is 232 Å². The molecule has 0 amide bonds. The van der Waals surface area contributed by atoms with Crippen molar-refractivity contribution in [1.29, 1.82) is 0 Å². The second-order valence-electron chi connectivity index (χ2n) is 19.2. The van der Waals surface area contributed by atoms with Crippen LogP contribution in [0.4, 0.5) is 0 Å². The largest absolute Gasteiger partial charge is 0.472 e. The third-order valence-electron chi connectivity index (χ3n) is 12.3. The molecule has 0 fully saturated rings. The molecule has 2 rings (SSSR count). The lowest BCUT2D eigenvalue weighted by atomic mass is 10.1. The molecule has 0 saturated heterocycles. The molecular formula is C58H95O14P. The minimum absolute atomic E-state index is 0.0274. The number of rotatable bonds is 50. The van der Waals surface area contributed by atoms with Crippen molar-refractivity contribution in [3.63, 3.8) is 0 Å². The van der Waals surface area contributed by atoms with Gasteiger partial charge in [0.05, 0.1) is 26.4 Å². The van der Waals surface area contributed by atoms with Gasteiger partial charge in [-0.2, -0.15) is 0 Å². The maximum Gasteiger partial charge on any atom is 0.472 e. The number of hydrogen-bond acceptors (Lipinski definition) is 13. The van der Waals surface area contributed by atoms with Crippen LogP contribution >= 0.6 is 7.82 Å². The molecule has 0 aromatic heterocycles. The van der Waals surface area contributed by atoms with Crippen molar-refractivity contribution >= 4 is 31.7 Å². The van der Waals surface area contributed by atoms with Gasteiger partial charge in [-0.3, -0.25) is 28.2 Å². The highest BCUT2D eigenvalue weighted by Gasteiger charge is 2.29. The monoisotopic (exact) mass is 1050 g/mol. The molecule has 0 radical (unpaired) electrons. The summed E-state index contributed by atoms with van der Waals surface area (Å²) < 4.78 is 57.3. The van der Waals surface area contributed by atoms with Crippen LogP contribution in [0.5, 0.6) is 0 Å². The Morgan fingerprint density at radius 3 is 1.05 bits per heavy atom. The standard InChI is InChI=1S/C58H95O14P/c1-3-5-7-9-11-13-15-17-19-21-29-39-55(59)67-47-53(71-57(61)41-30-22-20-18-16-14-12-10-8-6-4-2)49-69-73(63,64)70-50-54(72-58(62)42-32-34-44-66-46-52-37-27-24-28-38-52)48-68-56(60)40-31-33-43-65-45-51-35-25-23-26-36-51/h23-28,35-38,53-54H,3-22,29-34,39-50H2,1-2H3,(H,63,64)/t53-,54?/m1/s1. The summed E-state index contributed by atoms with van der Waals surface area (Å²) in [6.07, 6.45) is 25.2. The molecule has 0 saturated carbocycles. The first-order valence-electron chi connectivity index (χ1n) is 28.2. The Labute approximate surface area is 439 Å². The summed E-state index contributed by atoms with van der Waals surface area (Å²) in [4.78, 5) is 62.1. The van der Waals surface area contributed by atoms with E-state index in [0.717, 1.165) is 49.7 Å². The number of benzene rings is 2. The Balaban J connectivity index is 1.90. The zero-order valence-corrected chi connectivity index (χ0v) is 45.9. The summed E-state index contributed by atoms with van der Waals surface area (Å²) >= 11 is 0. The van der Waals surface area contributed by atoms with Crippen LogP contribution < -0.4 is 0 Å². The molecule has 15 heteroatoms. The third kappa shape index (κ3) is 40.4. The van der Waals surface area contributed by atoms with Crippen LogP contribution in [0.15, 0.2) is 60.7 Å². The fourth-order valence-corrected chi connectivity index (χ4v) is 8.76. The molecule has 14 nitrogen and oxygen atoms in total. The molecule has 1 N–H and O–H groups in total. The fraction of sp³-hybridized carbons (Fsp3) is 0.724. The minimum Gasteiger partial charge on any atom is -0.462 e. The lowest BCUT2D eigenvalue weighted by Crippen LogP contribution is -2.31. The van der Waals surface area contributed by atoms with E-state index in [2.05, 4.69) is 13.8 Å². The Bertz CT molecular complexity index is 1700. The zero-order chi connectivity index (χ0) is 52.7. The van der Waals surface area contributed by atoms with Gasteiger partial charge in [0.2, 0.25) is 0 Å². The van der Waals surface area contributed by atoms with Crippen molar-refractivity contribution in [3.8, 4) is 0 Å². The van der Waals surface area contributed by atoms with E-state index >= 15 is 0 Å². The van der Waals surface area contributed by atoms with Crippen LogP contribution in [0.2, 0.25) is 0 Å². The maximum absolute atomic E-state index is 13.3. The number of unbranched alkanes of at least 4 members (excludes halogenated alkanes) is 22. The van der Waals surface area contributed by atoms with E-state index in [1.54, 1.807) is 0 Å². The minimum atomic E-state index is -4.88. The molecule has 416 valence electrons. The molecule has 2 aromatic rings. The quantitative estimate of drug-likeness (QED) is 0.0286. The summed E-state index contributed by atoms with van der Waals surface area (Å²) in [5.74, 6) is -2.15. The lowest BCUT2D eigenvalue weighted by Gasteiger charge is -2.22. The first-order valence-corrected chi connectivity index (χ1v) is 29.6. The molecule has 0 bridgehead atoms. The fourth-order valence-electron chi connectivity index (χ4n) is 7.97. The number of carbonyl (C=O) groups excluding carboxylic acids is 4. The SMILES string of the molecule is CCCCCCCCCCCCCC(=O)OC[C@H](COP(=O)(O)OCC(COC(=O)CCCCOCc1ccccc1)OC(=O)CCCCOCc1ccccc1)OC(=O)CCCCCCCCCCCCC. The van der Waals surface area contributed by atoms with Crippen LogP contribution in [-0.2, 0) is 74.4 Å². The van der Waals surface area contributed by atoms with E-state index in [0.29, 0.717) is 65.0 Å². The third-order valence-corrected chi connectivity index (χ3v) is 13.3. The zero-order valence-electron chi connectivity index (χ0n) is 45.0. The van der Waals surface area contributed by atoms with E-state index in [4.69, 9.17) is 37.5 Å². The topological polar surface area (TPSA) is 179 Å². The van der Waals surface area contributed by atoms with Crippen LogP contribution in [0.3, 0.4) is 0 Å². The van der Waals surface area contributed by atoms with Gasteiger partial charge in [-0.05, 0) is 49.7 Å². The number of phosphoric acid groups is 1. The van der Waals surface area contributed by atoms with Crippen molar-refractivity contribution in [2.24, 2.45) is 0 Å². The second-order valence-corrected chi connectivity index (χ2v) is 20.7. The Morgan fingerprint density at radius 2 is 0.712 bits per heavy atom. The highest BCUT2D eigenvalue weighted by molar-refractivity contribution is 7.47. The summed E-state index contributed by atoms with van der Waals surface area (Å²) in [6, 6.07) is 19.5. The van der Waals surface area contributed by atoms with Gasteiger partial charge in [0.25, 0.3) is 0 Å². The highest BCUT2D eigenvalue weighted by Crippen LogP contribution is 2.43. The number of esters is 4. The summed E-state index contributed by atoms with van der Waals surface area (Å²) in [5.41, 5.74) is 2.10. The van der Waals surface area contributed by atoms with Crippen molar-refractivity contribution < 1.29 is 66.1 Å². The normalized spacial score (nSPS) is 13.0. The van der Waals surface area contributed by atoms with E-state index in [-0.39, 0.29) is 32.3 Å². The number of carbonyl (C=O) groups is 4. The van der Waals surface area contributed by atoms with Gasteiger partial charge in [0, 0.05) is 38.9 Å². The molecule has 3 atom stereocenters. The number of phosphoric ester groups is 1. The van der Waals surface area contributed by atoms with Crippen molar-refractivity contribution in [1.82, 2.24) is 0 Å². The molecule has 0 aliphatic rings. The number of ether oxygens (including phenoxy) is 6. The lowest BCUT2D eigenvalue weighted by molar-refractivity contribution is -0.162. The van der Waals surface area contributed by atoms with E-state index < -0.39 is 63.7 Å². The van der Waals surface area contributed by atoms with Gasteiger partial charge in [0.15, 0.2) is 12.2 Å². The molecule has 0 heterocycles. The molecular weight excluding hydrogens is 952 g/mol. The van der Waals surface area contributed by atoms with Crippen LogP contribution in [-0.4, -0.2) is 80.6 Å². The Morgan fingerprint density at radius 1 is 0.411 bits per heavy atom. The maximum atomic E-state index is 13.3. The Kier molecular flexibility index (Phi) is 41.0. The highest BCUT2D eigenvalue weighted by atomic mass is 31.2. The van der Waals surface area contributed by atoms with Gasteiger partial charge in [0.1, 0.15) is 13.2 Å². The Hall–Kier alpha value is -3.65. The van der Waals surface area contributed by atoms with E-state index in [1.807, 2.05) is 60.7 Å². The van der Waals surface area contributed by atoms with Gasteiger partial charge in [-0.1, -0.05) is 203 Å². The van der Waals surface area contributed by atoms with Gasteiger partial charge < -0.3 is 33.3 Å². The molecule has 0 aliphatic heterocycles. The van der Waals surface area contributed by atoms with Crippen molar-refractivity contribution in [3.05, 3.63) is 71.8 Å². The van der Waals surface area contributed by atoms with E-state index in [9.17, 15) is 28.6 Å². The smallest absolute Gasteiger partial charge is 0.462 e. The molecule has 73 heavy (non-hydrogen) atoms. The van der Waals surface area contributed by atoms with Crippen LogP contribution in [0.1, 0.15) is 218 Å². The second kappa shape index (κ2) is 45.7. The molecule has 0 spiro atoms. The van der Waals surface area contributed by atoms with Gasteiger partial charge in [-0.25, -0.2) is 4.57 Å². The average Bonchev–Trinajstić information content (AvgIpc) is 3.39. The molecule has 2 aromatic carbocycles. The predicted octanol–water partition coefficient (Wildman–Crippen LogP) is 14.2. The predicted molar refractivity (Wildman–Crippen MR) is 285 cm³/mol. The average molecular weight is 1050 g/mol. The van der Waals surface area contributed by atoms with Crippen LogP contribution in [0.25, 0.3) is 0 Å². The van der Waals surface area contributed by atoms with E-state index in [1.165, 1.54) is 89.9 Å². The first kappa shape index (κ1) is 65.5. The molecule has 0 aliphatic carbocycles. The van der Waals surface area contributed by atoms with Gasteiger partial charge >= 0.3 is 31.7 Å². The van der Waals surface area contributed by atoms with Gasteiger partial charge in [-0.15, -0.1) is 0 Å².